The van der Waals surface area contributed by atoms with Gasteiger partial charge in [-0.3, -0.25) is 0 Å². The minimum Gasteiger partial charge on any atom is -0.310 e. The molecule has 0 bridgehead atoms. The number of thiophene rings is 1. The third-order valence-corrected chi connectivity index (χ3v) is 6.42. The van der Waals surface area contributed by atoms with Gasteiger partial charge in [-0.1, -0.05) is 12.8 Å². The van der Waals surface area contributed by atoms with E-state index in [1.54, 1.807) is 10.4 Å². The molecule has 0 spiro atoms. The predicted molar refractivity (Wildman–Crippen MR) is 97.6 cm³/mol. The Morgan fingerprint density at radius 3 is 3.05 bits per heavy atom. The van der Waals surface area contributed by atoms with E-state index in [0.29, 0.717) is 6.04 Å². The maximum absolute atomic E-state index is 3.78. The van der Waals surface area contributed by atoms with E-state index in [4.69, 9.17) is 0 Å². The minimum absolute atomic E-state index is 0.634. The van der Waals surface area contributed by atoms with Gasteiger partial charge in [0.25, 0.3) is 0 Å². The molecule has 19 heavy (non-hydrogen) atoms. The van der Waals surface area contributed by atoms with E-state index in [1.165, 1.54) is 60.1 Å². The molecule has 1 N–H and O–H groups in total. The van der Waals surface area contributed by atoms with Crippen molar-refractivity contribution < 1.29 is 0 Å². The molecule has 1 aliphatic rings. The fourth-order valence-corrected chi connectivity index (χ4v) is 5.35. The minimum atomic E-state index is 0.634. The van der Waals surface area contributed by atoms with Crippen LogP contribution in [0.15, 0.2) is 6.07 Å². The molecule has 0 radical (unpaired) electrons. The van der Waals surface area contributed by atoms with Crippen molar-refractivity contribution in [3.63, 3.8) is 0 Å². The first-order valence-corrected chi connectivity index (χ1v) is 10.6. The molecule has 0 saturated carbocycles. The zero-order valence-electron chi connectivity index (χ0n) is 11.7. The first-order chi connectivity index (χ1) is 9.31. The molecule has 0 amide bonds. The number of rotatable bonds is 8. The van der Waals surface area contributed by atoms with Gasteiger partial charge >= 0.3 is 0 Å². The van der Waals surface area contributed by atoms with Gasteiger partial charge in [0.05, 0.1) is 2.88 Å². The molecule has 1 aromatic rings. The number of hydrogen-bond acceptors (Lipinski definition) is 3. The van der Waals surface area contributed by atoms with Gasteiger partial charge in [-0.15, -0.1) is 11.3 Å². The van der Waals surface area contributed by atoms with Crippen molar-refractivity contribution in [3.05, 3.63) is 19.4 Å². The molecule has 2 rings (SSSR count). The molecule has 0 aliphatic heterocycles. The topological polar surface area (TPSA) is 12.0 Å². The summed E-state index contributed by atoms with van der Waals surface area (Å²) in [7, 11) is 0. The van der Waals surface area contributed by atoms with Crippen LogP contribution in [0.1, 0.15) is 55.0 Å². The molecule has 4 heteroatoms. The van der Waals surface area contributed by atoms with Crippen LogP contribution in [0.25, 0.3) is 0 Å². The number of unbranched alkanes of at least 4 members (excludes halogenated alkanes) is 3. The molecule has 1 aliphatic carbocycles. The van der Waals surface area contributed by atoms with E-state index in [0.717, 1.165) is 0 Å². The van der Waals surface area contributed by atoms with Crippen LogP contribution in [0.5, 0.6) is 0 Å². The lowest BCUT2D eigenvalue weighted by atomic mass is 9.94. The van der Waals surface area contributed by atoms with Crippen molar-refractivity contribution in [2.24, 2.45) is 0 Å². The van der Waals surface area contributed by atoms with Crippen LogP contribution in [-0.2, 0) is 6.42 Å². The van der Waals surface area contributed by atoms with Gasteiger partial charge in [0.2, 0.25) is 0 Å². The number of thioether (sulfide) groups is 1. The Bertz CT molecular complexity index is 378. The first-order valence-electron chi connectivity index (χ1n) is 7.31. The van der Waals surface area contributed by atoms with Crippen molar-refractivity contribution in [3.8, 4) is 0 Å². The van der Waals surface area contributed by atoms with Crippen LogP contribution >= 0.6 is 45.7 Å². The molecule has 1 atom stereocenters. The van der Waals surface area contributed by atoms with E-state index >= 15 is 0 Å². The van der Waals surface area contributed by atoms with Gasteiger partial charge in [0.15, 0.2) is 0 Å². The highest BCUT2D eigenvalue weighted by atomic mass is 127. The van der Waals surface area contributed by atoms with Crippen molar-refractivity contribution >= 4 is 45.7 Å². The number of aryl methyl sites for hydroxylation is 1. The largest absolute Gasteiger partial charge is 0.310 e. The van der Waals surface area contributed by atoms with Crippen LogP contribution in [0, 0.1) is 2.88 Å². The third-order valence-electron chi connectivity index (χ3n) is 3.75. The Balaban J connectivity index is 1.67. The molecule has 1 heterocycles. The second-order valence-electron chi connectivity index (χ2n) is 5.23. The molecule has 0 aromatic carbocycles. The molecule has 1 nitrogen and oxygen atoms in total. The monoisotopic (exact) mass is 409 g/mol. The van der Waals surface area contributed by atoms with Crippen LogP contribution in [0.2, 0.25) is 0 Å². The Hall–Kier alpha value is 0.740. The predicted octanol–water partition coefficient (Wildman–Crippen LogP) is 5.24. The highest BCUT2D eigenvalue weighted by Gasteiger charge is 2.21. The maximum atomic E-state index is 3.78. The van der Waals surface area contributed by atoms with Crippen molar-refractivity contribution in [1.29, 1.82) is 0 Å². The van der Waals surface area contributed by atoms with Crippen LogP contribution in [0.4, 0.5) is 0 Å². The Kier molecular flexibility index (Phi) is 7.55. The number of halogens is 1. The summed E-state index contributed by atoms with van der Waals surface area (Å²) in [5.41, 5.74) is 1.60. The van der Waals surface area contributed by atoms with Crippen LogP contribution < -0.4 is 5.32 Å². The normalized spacial score (nSPS) is 18.5. The lowest BCUT2D eigenvalue weighted by Gasteiger charge is -2.23. The number of hydrogen-bond donors (Lipinski definition) is 1. The van der Waals surface area contributed by atoms with Crippen LogP contribution in [0.3, 0.4) is 0 Å². The molecule has 0 fully saturated rings. The summed E-state index contributed by atoms with van der Waals surface area (Å²) in [5, 5.41) is 3.78. The zero-order valence-corrected chi connectivity index (χ0v) is 15.5. The second kappa shape index (κ2) is 8.90. The molecular weight excluding hydrogens is 385 g/mol. The SMILES string of the molecule is CSCCCCCCNC1CCCc2sc(I)cc21. The van der Waals surface area contributed by atoms with E-state index < -0.39 is 0 Å². The van der Waals surface area contributed by atoms with Gasteiger partial charge in [0.1, 0.15) is 0 Å². The lowest BCUT2D eigenvalue weighted by Crippen LogP contribution is -2.25. The first kappa shape index (κ1) is 16.1. The standard InChI is InChI=1S/C15H24INS2/c1-18-10-5-3-2-4-9-17-13-7-6-8-14-12(13)11-15(16)19-14/h11,13,17H,2-10H2,1H3. The average molecular weight is 409 g/mol. The summed E-state index contributed by atoms with van der Waals surface area (Å²) < 4.78 is 1.45. The summed E-state index contributed by atoms with van der Waals surface area (Å²) in [6.45, 7) is 1.19. The smallest absolute Gasteiger partial charge is 0.0659 e. The Morgan fingerprint density at radius 1 is 1.37 bits per heavy atom. The molecular formula is C15H24INS2. The summed E-state index contributed by atoms with van der Waals surface area (Å²) in [5.74, 6) is 1.33. The summed E-state index contributed by atoms with van der Waals surface area (Å²) in [6, 6.07) is 3.03. The lowest BCUT2D eigenvalue weighted by molar-refractivity contribution is 0.453. The van der Waals surface area contributed by atoms with Crippen LogP contribution in [-0.4, -0.2) is 18.6 Å². The maximum Gasteiger partial charge on any atom is 0.0659 e. The molecule has 1 aromatic heterocycles. The van der Waals surface area contributed by atoms with E-state index in [-0.39, 0.29) is 0 Å². The van der Waals surface area contributed by atoms with E-state index in [9.17, 15) is 0 Å². The van der Waals surface area contributed by atoms with Gasteiger partial charge in [-0.2, -0.15) is 11.8 Å². The Labute approximate surface area is 139 Å². The van der Waals surface area contributed by atoms with Gasteiger partial charge < -0.3 is 5.32 Å². The number of nitrogens with one attached hydrogen (secondary N) is 1. The van der Waals surface area contributed by atoms with Crippen molar-refractivity contribution in [2.45, 2.75) is 51.0 Å². The summed E-state index contributed by atoms with van der Waals surface area (Å²) in [4.78, 5) is 1.63. The third kappa shape index (κ3) is 5.21. The van der Waals surface area contributed by atoms with Gasteiger partial charge in [-0.25, -0.2) is 0 Å². The molecule has 108 valence electrons. The van der Waals surface area contributed by atoms with E-state index in [2.05, 4.69) is 40.2 Å². The fraction of sp³-hybridized carbons (Fsp3) is 0.733. The quantitative estimate of drug-likeness (QED) is 0.465. The summed E-state index contributed by atoms with van der Waals surface area (Å²) in [6.07, 6.45) is 11.7. The van der Waals surface area contributed by atoms with Gasteiger partial charge in [0, 0.05) is 10.9 Å². The highest BCUT2D eigenvalue weighted by molar-refractivity contribution is 14.1. The Morgan fingerprint density at radius 2 is 2.21 bits per heavy atom. The van der Waals surface area contributed by atoms with E-state index in [1.807, 2.05) is 23.1 Å². The van der Waals surface area contributed by atoms with Crippen molar-refractivity contribution in [1.82, 2.24) is 5.32 Å². The second-order valence-corrected chi connectivity index (χ2v) is 9.25. The highest BCUT2D eigenvalue weighted by Crippen LogP contribution is 2.36. The summed E-state index contributed by atoms with van der Waals surface area (Å²) >= 11 is 6.42. The molecule has 1 unspecified atom stereocenters. The van der Waals surface area contributed by atoms with Crippen molar-refractivity contribution in [2.75, 3.05) is 18.6 Å². The fourth-order valence-electron chi connectivity index (χ4n) is 2.73. The number of fused-ring (bicyclic) bond motifs is 1. The average Bonchev–Trinajstić information content (AvgIpc) is 2.78. The zero-order chi connectivity index (χ0) is 13.5. The molecule has 0 saturated heterocycles. The van der Waals surface area contributed by atoms with Gasteiger partial charge in [-0.05, 0) is 84.9 Å².